The molecular formula is C10H11N3O2S2. The quantitative estimate of drug-likeness (QED) is 0.879. The molecule has 0 saturated carbocycles. The summed E-state index contributed by atoms with van der Waals surface area (Å²) >= 11 is 1.38. The molecule has 0 aliphatic carbocycles. The lowest BCUT2D eigenvalue weighted by molar-refractivity contribution is 0.588. The molecular weight excluding hydrogens is 258 g/mol. The monoisotopic (exact) mass is 269 g/mol. The van der Waals surface area contributed by atoms with Gasteiger partial charge in [0, 0.05) is 10.9 Å². The summed E-state index contributed by atoms with van der Waals surface area (Å²) in [5, 5.41) is 2.42. The Morgan fingerprint density at radius 1 is 1.41 bits per heavy atom. The fourth-order valence-electron chi connectivity index (χ4n) is 1.33. The minimum absolute atomic E-state index is 0.214. The van der Waals surface area contributed by atoms with Crippen molar-refractivity contribution < 1.29 is 8.42 Å². The number of sulfonamides is 1. The second kappa shape index (κ2) is 4.44. The van der Waals surface area contributed by atoms with Gasteiger partial charge in [0.2, 0.25) is 10.0 Å². The molecule has 0 saturated heterocycles. The third kappa shape index (κ3) is 2.46. The summed E-state index contributed by atoms with van der Waals surface area (Å²) in [7, 11) is -2.05. The average molecular weight is 269 g/mol. The maximum atomic E-state index is 11.6. The maximum Gasteiger partial charge on any atom is 0.240 e. The van der Waals surface area contributed by atoms with Crippen molar-refractivity contribution in [3.05, 3.63) is 29.6 Å². The Morgan fingerprint density at radius 2 is 2.18 bits per heavy atom. The zero-order valence-electron chi connectivity index (χ0n) is 9.04. The van der Waals surface area contributed by atoms with Gasteiger partial charge in [-0.25, -0.2) is 18.1 Å². The molecule has 7 heteroatoms. The molecule has 0 amide bonds. The second-order valence-electron chi connectivity index (χ2n) is 3.31. The predicted molar refractivity (Wildman–Crippen MR) is 68.2 cm³/mol. The Labute approximate surface area is 103 Å². The Balaban J connectivity index is 2.49. The van der Waals surface area contributed by atoms with Crippen LogP contribution in [-0.2, 0) is 10.0 Å². The number of nitrogen functional groups attached to an aromatic ring is 1. The SMILES string of the molecule is CNS(=O)(=O)c1cccc(-c2nc(N)cs2)c1. The number of nitrogens with zero attached hydrogens (tertiary/aromatic N) is 1. The lowest BCUT2D eigenvalue weighted by atomic mass is 10.2. The number of aromatic nitrogens is 1. The van der Waals surface area contributed by atoms with Crippen LogP contribution in [0.15, 0.2) is 34.5 Å². The molecule has 1 aromatic heterocycles. The van der Waals surface area contributed by atoms with Gasteiger partial charge in [0.1, 0.15) is 10.8 Å². The Kier molecular flexibility index (Phi) is 3.14. The van der Waals surface area contributed by atoms with E-state index in [0.29, 0.717) is 10.8 Å². The van der Waals surface area contributed by atoms with Crippen LogP contribution >= 0.6 is 11.3 Å². The van der Waals surface area contributed by atoms with Gasteiger partial charge in [-0.15, -0.1) is 11.3 Å². The number of thiazole rings is 1. The van der Waals surface area contributed by atoms with Crippen LogP contribution in [0.1, 0.15) is 0 Å². The van der Waals surface area contributed by atoms with Crippen molar-refractivity contribution in [1.82, 2.24) is 9.71 Å². The maximum absolute atomic E-state index is 11.6. The van der Waals surface area contributed by atoms with Crippen LogP contribution in [0, 0.1) is 0 Å². The Morgan fingerprint density at radius 3 is 2.76 bits per heavy atom. The topological polar surface area (TPSA) is 85.1 Å². The minimum atomic E-state index is -3.43. The van der Waals surface area contributed by atoms with Gasteiger partial charge in [0.05, 0.1) is 4.90 Å². The van der Waals surface area contributed by atoms with Gasteiger partial charge >= 0.3 is 0 Å². The van der Waals surface area contributed by atoms with Crippen molar-refractivity contribution in [2.45, 2.75) is 4.90 Å². The highest BCUT2D eigenvalue weighted by atomic mass is 32.2. The largest absolute Gasteiger partial charge is 0.383 e. The van der Waals surface area contributed by atoms with E-state index in [-0.39, 0.29) is 4.90 Å². The van der Waals surface area contributed by atoms with E-state index in [9.17, 15) is 8.42 Å². The van der Waals surface area contributed by atoms with Crippen LogP contribution in [-0.4, -0.2) is 20.4 Å². The molecule has 0 atom stereocenters. The van der Waals surface area contributed by atoms with Gasteiger partial charge in [0.25, 0.3) is 0 Å². The molecule has 1 aromatic carbocycles. The van der Waals surface area contributed by atoms with Gasteiger partial charge in [-0.1, -0.05) is 12.1 Å². The van der Waals surface area contributed by atoms with Gasteiger partial charge in [-0.2, -0.15) is 0 Å². The number of anilines is 1. The van der Waals surface area contributed by atoms with E-state index in [0.717, 1.165) is 5.56 Å². The lowest BCUT2D eigenvalue weighted by Gasteiger charge is -2.03. The van der Waals surface area contributed by atoms with Crippen LogP contribution in [0.3, 0.4) is 0 Å². The van der Waals surface area contributed by atoms with Crippen molar-refractivity contribution in [3.63, 3.8) is 0 Å². The van der Waals surface area contributed by atoms with E-state index in [1.807, 2.05) is 0 Å². The standard InChI is InChI=1S/C10H11N3O2S2/c1-12-17(14,15)8-4-2-3-7(5-8)10-13-9(11)6-16-10/h2-6,12H,11H2,1H3. The first-order valence-electron chi connectivity index (χ1n) is 4.78. The summed E-state index contributed by atoms with van der Waals surface area (Å²) in [6.45, 7) is 0. The third-order valence-corrected chi connectivity index (χ3v) is 4.50. The molecule has 0 radical (unpaired) electrons. The zero-order chi connectivity index (χ0) is 12.5. The Hall–Kier alpha value is -1.44. The molecule has 0 spiro atoms. The molecule has 2 rings (SSSR count). The van der Waals surface area contributed by atoms with E-state index >= 15 is 0 Å². The average Bonchev–Trinajstić information content (AvgIpc) is 2.76. The number of rotatable bonds is 3. The number of benzene rings is 1. The molecule has 2 aromatic rings. The van der Waals surface area contributed by atoms with E-state index in [2.05, 4.69) is 9.71 Å². The molecule has 0 aliphatic rings. The molecule has 0 fully saturated rings. The number of hydrogen-bond acceptors (Lipinski definition) is 5. The molecule has 0 aliphatic heterocycles. The number of hydrogen-bond donors (Lipinski definition) is 2. The molecule has 1 heterocycles. The van der Waals surface area contributed by atoms with Crippen molar-refractivity contribution in [1.29, 1.82) is 0 Å². The summed E-state index contributed by atoms with van der Waals surface area (Å²) in [6.07, 6.45) is 0. The normalized spacial score (nSPS) is 11.6. The molecule has 0 bridgehead atoms. The predicted octanol–water partition coefficient (Wildman–Crippen LogP) is 1.30. The first-order valence-corrected chi connectivity index (χ1v) is 7.14. The van der Waals surface area contributed by atoms with Gasteiger partial charge in [-0.05, 0) is 19.2 Å². The summed E-state index contributed by atoms with van der Waals surface area (Å²) in [4.78, 5) is 4.33. The number of nitrogens with one attached hydrogen (secondary N) is 1. The highest BCUT2D eigenvalue weighted by Crippen LogP contribution is 2.26. The highest BCUT2D eigenvalue weighted by molar-refractivity contribution is 7.89. The molecule has 0 unspecified atom stereocenters. The summed E-state index contributed by atoms with van der Waals surface area (Å²) in [5.74, 6) is 0.437. The lowest BCUT2D eigenvalue weighted by Crippen LogP contribution is -2.18. The van der Waals surface area contributed by atoms with Crippen LogP contribution in [0.25, 0.3) is 10.6 Å². The van der Waals surface area contributed by atoms with Crippen LogP contribution in [0.4, 0.5) is 5.82 Å². The molecule has 3 N–H and O–H groups in total. The van der Waals surface area contributed by atoms with Crippen LogP contribution in [0.5, 0.6) is 0 Å². The zero-order valence-corrected chi connectivity index (χ0v) is 10.7. The van der Waals surface area contributed by atoms with Crippen molar-refractivity contribution >= 4 is 27.2 Å². The minimum Gasteiger partial charge on any atom is -0.383 e. The third-order valence-electron chi connectivity index (χ3n) is 2.18. The van der Waals surface area contributed by atoms with E-state index in [1.165, 1.54) is 24.5 Å². The molecule has 17 heavy (non-hydrogen) atoms. The van der Waals surface area contributed by atoms with Gasteiger partial charge in [0.15, 0.2) is 0 Å². The summed E-state index contributed by atoms with van der Waals surface area (Å²) < 4.78 is 25.5. The smallest absolute Gasteiger partial charge is 0.240 e. The molecule has 90 valence electrons. The van der Waals surface area contributed by atoms with E-state index in [1.54, 1.807) is 23.6 Å². The molecule has 5 nitrogen and oxygen atoms in total. The summed E-state index contributed by atoms with van der Waals surface area (Å²) in [5.41, 5.74) is 6.27. The number of nitrogens with two attached hydrogens (primary N) is 1. The van der Waals surface area contributed by atoms with Crippen LogP contribution in [0.2, 0.25) is 0 Å². The van der Waals surface area contributed by atoms with E-state index < -0.39 is 10.0 Å². The summed E-state index contributed by atoms with van der Waals surface area (Å²) in [6, 6.07) is 6.58. The first kappa shape index (κ1) is 12.0. The van der Waals surface area contributed by atoms with Gasteiger partial charge in [-0.3, -0.25) is 0 Å². The van der Waals surface area contributed by atoms with E-state index in [4.69, 9.17) is 5.73 Å². The second-order valence-corrected chi connectivity index (χ2v) is 6.06. The fraction of sp³-hybridized carbons (Fsp3) is 0.100. The highest BCUT2D eigenvalue weighted by Gasteiger charge is 2.12. The van der Waals surface area contributed by atoms with Crippen LogP contribution < -0.4 is 10.5 Å². The van der Waals surface area contributed by atoms with Gasteiger partial charge < -0.3 is 5.73 Å². The first-order chi connectivity index (χ1) is 8.03. The van der Waals surface area contributed by atoms with Crippen molar-refractivity contribution in [2.24, 2.45) is 0 Å². The Bertz CT molecular complexity index is 635. The van der Waals surface area contributed by atoms with Crippen molar-refractivity contribution in [3.8, 4) is 10.6 Å². The van der Waals surface area contributed by atoms with Crippen molar-refractivity contribution in [2.75, 3.05) is 12.8 Å². The fourth-order valence-corrected chi connectivity index (χ4v) is 2.81.